The molecule has 0 heterocycles. The number of carbonyl (C=O) groups excluding carboxylic acids is 3. The number of nitro groups is 1. The van der Waals surface area contributed by atoms with Crippen molar-refractivity contribution in [2.45, 2.75) is 19.9 Å². The number of nitrogens with one attached hydrogen (secondary N) is 2. The fourth-order valence-electron chi connectivity index (χ4n) is 1.80. The lowest BCUT2D eigenvalue weighted by Crippen LogP contribution is -2.48. The van der Waals surface area contributed by atoms with Crippen LogP contribution in [0.4, 0.5) is 5.69 Å². The van der Waals surface area contributed by atoms with Crippen LogP contribution in [0.3, 0.4) is 0 Å². The summed E-state index contributed by atoms with van der Waals surface area (Å²) in [5, 5.41) is 23.9. The minimum atomic E-state index is -1.22. The summed E-state index contributed by atoms with van der Waals surface area (Å²) in [7, 11) is 0. The van der Waals surface area contributed by atoms with Gasteiger partial charge in [-0.15, -0.1) is 0 Å². The van der Waals surface area contributed by atoms with Crippen molar-refractivity contribution < 1.29 is 29.2 Å². The molecule has 3 amide bonds. The highest BCUT2D eigenvalue weighted by atomic mass is 16.6. The molecule has 11 heteroatoms. The summed E-state index contributed by atoms with van der Waals surface area (Å²) < 4.78 is 0. The topological polar surface area (TPSA) is 159 Å². The lowest BCUT2D eigenvalue weighted by atomic mass is 10.2. The highest BCUT2D eigenvalue weighted by molar-refractivity contribution is 5.94. The van der Waals surface area contributed by atoms with E-state index in [1.165, 1.54) is 38.1 Å². The molecule has 140 valence electrons. The number of carbonyl (C=O) groups is 4. The zero-order chi connectivity index (χ0) is 19.9. The molecule has 11 nitrogen and oxygen atoms in total. The van der Waals surface area contributed by atoms with Crippen molar-refractivity contribution in [2.24, 2.45) is 0 Å². The molecule has 1 aromatic carbocycles. The van der Waals surface area contributed by atoms with E-state index < -0.39 is 41.2 Å². The van der Waals surface area contributed by atoms with Gasteiger partial charge < -0.3 is 20.6 Å². The zero-order valence-corrected chi connectivity index (χ0v) is 14.1. The third-order valence-corrected chi connectivity index (χ3v) is 3.30. The van der Waals surface area contributed by atoms with Crippen molar-refractivity contribution in [2.75, 3.05) is 13.2 Å². The molecule has 0 spiro atoms. The highest BCUT2D eigenvalue weighted by Gasteiger charge is 2.19. The van der Waals surface area contributed by atoms with Gasteiger partial charge in [0.15, 0.2) is 0 Å². The van der Waals surface area contributed by atoms with E-state index in [2.05, 4.69) is 10.6 Å². The Labute approximate surface area is 148 Å². The molecular formula is C15H18N4O7. The molecule has 0 bridgehead atoms. The van der Waals surface area contributed by atoms with Gasteiger partial charge in [0.05, 0.1) is 11.6 Å². The van der Waals surface area contributed by atoms with E-state index in [1.807, 2.05) is 0 Å². The van der Waals surface area contributed by atoms with Crippen molar-refractivity contribution in [3.05, 3.63) is 39.9 Å². The molecule has 1 rings (SSSR count). The van der Waals surface area contributed by atoms with E-state index in [-0.39, 0.29) is 17.9 Å². The standard InChI is InChI=1S/C15H18N4O7/c1-9(15(23)24)17-13(21)7-18(10(2)20)8-16-14(22)11-3-5-12(6-4-11)19(25)26/h3-6,9H,7-8H2,1-2H3,(H,16,22)(H,17,21)(H,23,24)/t9-/m0/s1. The van der Waals surface area contributed by atoms with Crippen LogP contribution in [-0.4, -0.2) is 57.9 Å². The molecule has 0 aliphatic carbocycles. The summed E-state index contributed by atoms with van der Waals surface area (Å²) in [6.45, 7) is 1.73. The van der Waals surface area contributed by atoms with Gasteiger partial charge in [0.2, 0.25) is 11.8 Å². The first-order chi connectivity index (χ1) is 12.1. The second kappa shape index (κ2) is 9.11. The Hall–Kier alpha value is -3.50. The van der Waals surface area contributed by atoms with Crippen molar-refractivity contribution in [1.29, 1.82) is 0 Å². The van der Waals surface area contributed by atoms with E-state index in [0.29, 0.717) is 0 Å². The van der Waals surface area contributed by atoms with E-state index in [4.69, 9.17) is 5.11 Å². The van der Waals surface area contributed by atoms with Gasteiger partial charge in [-0.05, 0) is 19.1 Å². The average Bonchev–Trinajstić information content (AvgIpc) is 2.57. The summed E-state index contributed by atoms with van der Waals surface area (Å²) in [6.07, 6.45) is 0. The van der Waals surface area contributed by atoms with Crippen LogP contribution in [-0.2, 0) is 14.4 Å². The molecule has 0 saturated heterocycles. The Morgan fingerprint density at radius 3 is 2.27 bits per heavy atom. The number of rotatable bonds is 8. The average molecular weight is 366 g/mol. The fourth-order valence-corrected chi connectivity index (χ4v) is 1.80. The Morgan fingerprint density at radius 2 is 1.81 bits per heavy atom. The maximum Gasteiger partial charge on any atom is 0.325 e. The van der Waals surface area contributed by atoms with Crippen LogP contribution in [0, 0.1) is 10.1 Å². The van der Waals surface area contributed by atoms with Gasteiger partial charge >= 0.3 is 5.97 Å². The summed E-state index contributed by atoms with van der Waals surface area (Å²) >= 11 is 0. The summed E-state index contributed by atoms with van der Waals surface area (Å²) in [5.74, 6) is -3.02. The highest BCUT2D eigenvalue weighted by Crippen LogP contribution is 2.11. The van der Waals surface area contributed by atoms with Crippen molar-refractivity contribution in [1.82, 2.24) is 15.5 Å². The van der Waals surface area contributed by atoms with Crippen LogP contribution in [0.5, 0.6) is 0 Å². The van der Waals surface area contributed by atoms with Crippen LogP contribution in [0.1, 0.15) is 24.2 Å². The molecule has 3 N–H and O–H groups in total. The van der Waals surface area contributed by atoms with Gasteiger partial charge in [-0.2, -0.15) is 0 Å². The number of hydrogen-bond donors (Lipinski definition) is 3. The van der Waals surface area contributed by atoms with E-state index in [1.54, 1.807) is 0 Å². The largest absolute Gasteiger partial charge is 0.480 e. The number of carboxylic acid groups (broad SMARTS) is 1. The molecular weight excluding hydrogens is 348 g/mol. The van der Waals surface area contributed by atoms with Crippen molar-refractivity contribution >= 4 is 29.4 Å². The predicted octanol–water partition coefficient (Wildman–Crippen LogP) is -0.280. The summed E-state index contributed by atoms with van der Waals surface area (Å²) in [4.78, 5) is 57.0. The molecule has 0 aliphatic rings. The molecule has 0 saturated carbocycles. The lowest BCUT2D eigenvalue weighted by Gasteiger charge is -2.21. The van der Waals surface area contributed by atoms with Gasteiger partial charge in [-0.25, -0.2) is 0 Å². The van der Waals surface area contributed by atoms with Crippen LogP contribution >= 0.6 is 0 Å². The maximum atomic E-state index is 12.0. The normalized spacial score (nSPS) is 11.2. The van der Waals surface area contributed by atoms with Gasteiger partial charge in [0.25, 0.3) is 11.6 Å². The lowest BCUT2D eigenvalue weighted by molar-refractivity contribution is -0.384. The minimum Gasteiger partial charge on any atom is -0.480 e. The second-order valence-corrected chi connectivity index (χ2v) is 5.31. The van der Waals surface area contributed by atoms with Crippen molar-refractivity contribution in [3.8, 4) is 0 Å². The predicted molar refractivity (Wildman–Crippen MR) is 88.1 cm³/mol. The van der Waals surface area contributed by atoms with Gasteiger partial charge in [-0.1, -0.05) is 0 Å². The molecule has 0 unspecified atom stereocenters. The minimum absolute atomic E-state index is 0.142. The number of amides is 3. The third-order valence-electron chi connectivity index (χ3n) is 3.30. The Morgan fingerprint density at radius 1 is 1.23 bits per heavy atom. The van der Waals surface area contributed by atoms with E-state index >= 15 is 0 Å². The van der Waals surface area contributed by atoms with Crippen LogP contribution in [0.15, 0.2) is 24.3 Å². The number of hydrogen-bond acceptors (Lipinski definition) is 6. The monoisotopic (exact) mass is 366 g/mol. The second-order valence-electron chi connectivity index (χ2n) is 5.31. The fraction of sp³-hybridized carbons (Fsp3) is 0.333. The van der Waals surface area contributed by atoms with Crippen LogP contribution in [0.25, 0.3) is 0 Å². The molecule has 26 heavy (non-hydrogen) atoms. The summed E-state index contributed by atoms with van der Waals surface area (Å²) in [6, 6.07) is 3.72. The number of nitrogens with zero attached hydrogens (tertiary/aromatic N) is 2. The quantitative estimate of drug-likeness (QED) is 0.324. The SMILES string of the molecule is CC(=O)N(CNC(=O)c1ccc([N+](=O)[O-])cc1)CC(=O)N[C@@H](C)C(=O)O. The zero-order valence-electron chi connectivity index (χ0n) is 14.1. The number of aliphatic carboxylic acids is 1. The number of non-ortho nitro benzene ring substituents is 1. The van der Waals surface area contributed by atoms with Gasteiger partial charge in [0.1, 0.15) is 12.6 Å². The first-order valence-electron chi connectivity index (χ1n) is 7.42. The van der Waals surface area contributed by atoms with Crippen molar-refractivity contribution in [3.63, 3.8) is 0 Å². The molecule has 1 atom stereocenters. The Balaban J connectivity index is 2.63. The first-order valence-corrected chi connectivity index (χ1v) is 7.42. The molecule has 0 radical (unpaired) electrons. The van der Waals surface area contributed by atoms with E-state index in [0.717, 1.165) is 4.90 Å². The number of benzene rings is 1. The Kier molecular flexibility index (Phi) is 7.20. The molecule has 0 aromatic heterocycles. The molecule has 0 aliphatic heterocycles. The smallest absolute Gasteiger partial charge is 0.325 e. The van der Waals surface area contributed by atoms with Gasteiger partial charge in [0, 0.05) is 24.6 Å². The Bertz CT molecular complexity index is 717. The first kappa shape index (κ1) is 20.5. The molecule has 1 aromatic rings. The molecule has 0 fully saturated rings. The van der Waals surface area contributed by atoms with Gasteiger partial charge in [-0.3, -0.25) is 29.3 Å². The summed E-state index contributed by atoms with van der Waals surface area (Å²) in [5.41, 5.74) is -0.0285. The van der Waals surface area contributed by atoms with E-state index in [9.17, 15) is 29.3 Å². The number of carboxylic acids is 1. The van der Waals surface area contributed by atoms with Crippen LogP contribution < -0.4 is 10.6 Å². The number of nitro benzene ring substituents is 1. The van der Waals surface area contributed by atoms with Crippen LogP contribution in [0.2, 0.25) is 0 Å². The third kappa shape index (κ3) is 6.19. The maximum absolute atomic E-state index is 12.0.